The number of nitrogens with one attached hydrogen (secondary N) is 1. The predicted octanol–water partition coefficient (Wildman–Crippen LogP) is 2.79. The van der Waals surface area contributed by atoms with Crippen LogP contribution in [0.5, 0.6) is 0 Å². The molecular formula is C13H7BrF3N3O3. The summed E-state index contributed by atoms with van der Waals surface area (Å²) in [4.78, 5) is 29.3. The zero-order valence-corrected chi connectivity index (χ0v) is 12.7. The van der Waals surface area contributed by atoms with Crippen LogP contribution in [0.4, 0.5) is 13.2 Å². The number of imidazole rings is 1. The SMILES string of the molecule is O=C(O)c1nc2c(=O)[nH]c3cc(C(F)(F)F)ccc3n2c1CBr. The summed E-state index contributed by atoms with van der Waals surface area (Å²) >= 11 is 3.12. The molecule has 2 N–H and O–H groups in total. The minimum absolute atomic E-state index is 0.0612. The van der Waals surface area contributed by atoms with Gasteiger partial charge in [0.2, 0.25) is 5.65 Å². The number of halogens is 4. The number of aromatic amines is 1. The van der Waals surface area contributed by atoms with Crippen LogP contribution in [0.25, 0.3) is 16.7 Å². The van der Waals surface area contributed by atoms with Crippen LogP contribution in [-0.4, -0.2) is 25.4 Å². The van der Waals surface area contributed by atoms with Crippen molar-refractivity contribution in [3.05, 3.63) is 45.5 Å². The molecule has 2 heterocycles. The Morgan fingerprint density at radius 2 is 2.09 bits per heavy atom. The van der Waals surface area contributed by atoms with Crippen molar-refractivity contribution in [3.63, 3.8) is 0 Å². The van der Waals surface area contributed by atoms with Crippen molar-refractivity contribution >= 4 is 38.6 Å². The van der Waals surface area contributed by atoms with Crippen LogP contribution in [0.3, 0.4) is 0 Å². The maximum Gasteiger partial charge on any atom is 0.416 e. The molecule has 10 heteroatoms. The number of carboxylic acids is 1. The van der Waals surface area contributed by atoms with Gasteiger partial charge in [-0.05, 0) is 18.2 Å². The summed E-state index contributed by atoms with van der Waals surface area (Å²) in [6.45, 7) is 0. The topological polar surface area (TPSA) is 87.5 Å². The monoisotopic (exact) mass is 389 g/mol. The Hall–Kier alpha value is -2.36. The largest absolute Gasteiger partial charge is 0.476 e. The molecule has 0 spiro atoms. The number of aromatic nitrogens is 3. The van der Waals surface area contributed by atoms with Crippen molar-refractivity contribution in [1.29, 1.82) is 0 Å². The maximum atomic E-state index is 12.8. The quantitative estimate of drug-likeness (QED) is 0.659. The van der Waals surface area contributed by atoms with Gasteiger partial charge in [-0.3, -0.25) is 9.20 Å². The second-order valence-corrected chi connectivity index (χ2v) is 5.25. The number of fused-ring (bicyclic) bond motifs is 3. The van der Waals surface area contributed by atoms with Crippen LogP contribution >= 0.6 is 15.9 Å². The van der Waals surface area contributed by atoms with Gasteiger partial charge >= 0.3 is 12.1 Å². The number of hydrogen-bond acceptors (Lipinski definition) is 3. The Balaban J connectivity index is 2.48. The first-order chi connectivity index (χ1) is 10.7. The van der Waals surface area contributed by atoms with Crippen molar-refractivity contribution in [2.45, 2.75) is 11.5 Å². The molecule has 0 amide bonds. The minimum Gasteiger partial charge on any atom is -0.476 e. The maximum absolute atomic E-state index is 12.8. The molecule has 120 valence electrons. The summed E-state index contributed by atoms with van der Waals surface area (Å²) in [5.41, 5.74) is -1.88. The van der Waals surface area contributed by atoms with E-state index < -0.39 is 23.3 Å². The highest BCUT2D eigenvalue weighted by Gasteiger charge is 2.31. The van der Waals surface area contributed by atoms with E-state index in [1.54, 1.807) is 0 Å². The molecular weight excluding hydrogens is 383 g/mol. The van der Waals surface area contributed by atoms with Gasteiger partial charge in [-0.2, -0.15) is 13.2 Å². The Bertz CT molecular complexity index is 1010. The third kappa shape index (κ3) is 2.38. The summed E-state index contributed by atoms with van der Waals surface area (Å²) in [5, 5.41) is 9.22. The lowest BCUT2D eigenvalue weighted by Crippen LogP contribution is -2.13. The first-order valence-electron chi connectivity index (χ1n) is 6.18. The van der Waals surface area contributed by atoms with Crippen molar-refractivity contribution in [1.82, 2.24) is 14.4 Å². The zero-order chi connectivity index (χ0) is 16.9. The average molecular weight is 390 g/mol. The van der Waals surface area contributed by atoms with E-state index in [0.717, 1.165) is 12.1 Å². The van der Waals surface area contributed by atoms with E-state index in [1.807, 2.05) is 0 Å². The van der Waals surface area contributed by atoms with E-state index in [9.17, 15) is 22.8 Å². The number of nitrogens with zero attached hydrogens (tertiary/aromatic N) is 2. The Labute approximate surface area is 133 Å². The van der Waals surface area contributed by atoms with E-state index in [4.69, 9.17) is 5.11 Å². The fourth-order valence-corrected chi connectivity index (χ4v) is 2.86. The standard InChI is InChI=1S/C13H7BrF3N3O3/c14-4-8-9(12(22)23)19-10-11(21)18-6-3-5(13(15,16)17)1-2-7(6)20(8)10/h1-3H,4H2,(H,18,21)(H,22,23). The molecule has 0 atom stereocenters. The first-order valence-corrected chi connectivity index (χ1v) is 7.30. The summed E-state index contributed by atoms with van der Waals surface area (Å²) in [7, 11) is 0. The highest BCUT2D eigenvalue weighted by molar-refractivity contribution is 9.08. The van der Waals surface area contributed by atoms with E-state index in [0.29, 0.717) is 0 Å². The normalized spacial score (nSPS) is 12.2. The second-order valence-electron chi connectivity index (χ2n) is 4.69. The second kappa shape index (κ2) is 5.08. The number of rotatable bonds is 2. The minimum atomic E-state index is -4.56. The van der Waals surface area contributed by atoms with Gasteiger partial charge in [0, 0.05) is 5.33 Å². The smallest absolute Gasteiger partial charge is 0.416 e. The fraction of sp³-hybridized carbons (Fsp3) is 0.154. The highest BCUT2D eigenvalue weighted by Crippen LogP contribution is 2.31. The Morgan fingerprint density at radius 1 is 1.39 bits per heavy atom. The van der Waals surface area contributed by atoms with E-state index in [1.165, 1.54) is 10.5 Å². The van der Waals surface area contributed by atoms with E-state index in [2.05, 4.69) is 25.9 Å². The molecule has 0 saturated carbocycles. The van der Waals surface area contributed by atoms with Crippen molar-refractivity contribution in [2.75, 3.05) is 0 Å². The molecule has 23 heavy (non-hydrogen) atoms. The number of benzene rings is 1. The molecule has 0 fully saturated rings. The van der Waals surface area contributed by atoms with E-state index in [-0.39, 0.29) is 33.4 Å². The molecule has 3 aromatic rings. The molecule has 0 unspecified atom stereocenters. The third-order valence-electron chi connectivity index (χ3n) is 3.32. The van der Waals surface area contributed by atoms with E-state index >= 15 is 0 Å². The number of aromatic carboxylic acids is 1. The fourth-order valence-electron chi connectivity index (χ4n) is 2.35. The van der Waals surface area contributed by atoms with Crippen LogP contribution in [0.2, 0.25) is 0 Å². The molecule has 0 bridgehead atoms. The van der Waals surface area contributed by atoms with Gasteiger partial charge < -0.3 is 10.1 Å². The van der Waals surface area contributed by atoms with Gasteiger partial charge in [-0.15, -0.1) is 0 Å². The first kappa shape index (κ1) is 15.5. The molecule has 2 aromatic heterocycles. The Kier molecular flexibility index (Phi) is 3.43. The molecule has 0 saturated heterocycles. The van der Waals surface area contributed by atoms with Gasteiger partial charge in [-0.25, -0.2) is 9.78 Å². The number of hydrogen-bond donors (Lipinski definition) is 2. The van der Waals surface area contributed by atoms with Gasteiger partial charge in [0.25, 0.3) is 5.56 Å². The lowest BCUT2D eigenvalue weighted by molar-refractivity contribution is -0.137. The summed E-state index contributed by atoms with van der Waals surface area (Å²) in [5.74, 6) is -1.33. The lowest BCUT2D eigenvalue weighted by atomic mass is 10.2. The van der Waals surface area contributed by atoms with Gasteiger partial charge in [0.05, 0.1) is 22.3 Å². The number of alkyl halides is 4. The predicted molar refractivity (Wildman–Crippen MR) is 77.9 cm³/mol. The lowest BCUT2D eigenvalue weighted by Gasteiger charge is -2.09. The van der Waals surface area contributed by atoms with Gasteiger partial charge in [0.15, 0.2) is 5.69 Å². The van der Waals surface area contributed by atoms with Gasteiger partial charge in [-0.1, -0.05) is 15.9 Å². The molecule has 0 radical (unpaired) electrons. The molecule has 6 nitrogen and oxygen atoms in total. The third-order valence-corrected chi connectivity index (χ3v) is 3.85. The van der Waals surface area contributed by atoms with Crippen molar-refractivity contribution in [2.24, 2.45) is 0 Å². The molecule has 0 aliphatic rings. The van der Waals surface area contributed by atoms with Crippen LogP contribution < -0.4 is 5.56 Å². The summed E-state index contributed by atoms with van der Waals surface area (Å²) in [6, 6.07) is 2.83. The zero-order valence-electron chi connectivity index (χ0n) is 11.1. The van der Waals surface area contributed by atoms with Crippen LogP contribution in [0, 0.1) is 0 Å². The van der Waals surface area contributed by atoms with Crippen molar-refractivity contribution < 1.29 is 23.1 Å². The molecule has 0 aliphatic heterocycles. The van der Waals surface area contributed by atoms with Crippen LogP contribution in [-0.2, 0) is 11.5 Å². The molecule has 1 aromatic carbocycles. The average Bonchev–Trinajstić information content (AvgIpc) is 2.86. The summed E-state index contributed by atoms with van der Waals surface area (Å²) < 4.78 is 39.6. The number of H-pyrrole nitrogens is 1. The van der Waals surface area contributed by atoms with Crippen molar-refractivity contribution in [3.8, 4) is 0 Å². The van der Waals surface area contributed by atoms with Gasteiger partial charge in [0.1, 0.15) is 0 Å². The Morgan fingerprint density at radius 3 is 2.65 bits per heavy atom. The molecule has 3 rings (SSSR count). The number of carbonyl (C=O) groups is 1. The number of carboxylic acid groups (broad SMARTS) is 1. The summed E-state index contributed by atoms with van der Waals surface area (Å²) in [6.07, 6.45) is -4.56. The van der Waals surface area contributed by atoms with Crippen LogP contribution in [0.15, 0.2) is 23.0 Å². The molecule has 0 aliphatic carbocycles. The highest BCUT2D eigenvalue weighted by atomic mass is 79.9. The van der Waals surface area contributed by atoms with Crippen LogP contribution in [0.1, 0.15) is 21.7 Å².